The number of phenols is 1. The number of hydrogen-bond acceptors (Lipinski definition) is 20. The highest BCUT2D eigenvalue weighted by molar-refractivity contribution is 5.88. The van der Waals surface area contributed by atoms with E-state index in [0.29, 0.717) is 0 Å². The first-order valence-electron chi connectivity index (χ1n) is 16.4. The summed E-state index contributed by atoms with van der Waals surface area (Å²) in [5, 5.41) is 122. The number of rotatable bonds is 9. The summed E-state index contributed by atoms with van der Waals surface area (Å²) in [4.78, 5) is 14.0. The van der Waals surface area contributed by atoms with Crippen molar-refractivity contribution in [1.29, 1.82) is 0 Å². The zero-order valence-electron chi connectivity index (χ0n) is 27.7. The minimum atomic E-state index is -1.95. The molecule has 4 heterocycles. The van der Waals surface area contributed by atoms with E-state index >= 15 is 0 Å². The quantitative estimate of drug-likeness (QED) is 0.0983. The molecule has 3 saturated heterocycles. The number of hydrogen-bond donors (Lipinski definition) is 12. The van der Waals surface area contributed by atoms with Crippen LogP contribution in [-0.4, -0.2) is 167 Å². The first kappa shape index (κ1) is 39.0. The standard InChI is InChI=1S/C33H40O20/c1-10-19(37)23(41)26(44)31(47-10)49-13-6-14(36)18-15(7-13)50-29(30(22(18)40)53-33-28(46)25(43)21(39)17(9-35)52-33)11-2-4-12(5-3-11)48-32-27(45)24(42)20(38)16(8-34)51-32/h2-7,10,16-17,19-21,23-28,31-39,41-46H,8-9H2,1H3. The first-order valence-corrected chi connectivity index (χ1v) is 16.4. The highest BCUT2D eigenvalue weighted by Crippen LogP contribution is 2.39. The van der Waals surface area contributed by atoms with E-state index in [9.17, 15) is 66.1 Å². The summed E-state index contributed by atoms with van der Waals surface area (Å²) in [6.07, 6.45) is -24.0. The SMILES string of the molecule is CC1OC(Oc2cc(O)c3c(=O)c(OC4OC(CO)C(O)C(O)C4O)c(-c4ccc(OC5OC(CO)C(O)C(O)C5O)cc4)oc3c2)C(O)C(O)C1O. The molecule has 20 nitrogen and oxygen atoms in total. The van der Waals surface area contributed by atoms with Crippen LogP contribution in [0.1, 0.15) is 6.92 Å². The lowest BCUT2D eigenvalue weighted by Gasteiger charge is -2.39. The van der Waals surface area contributed by atoms with Gasteiger partial charge in [0.05, 0.1) is 19.3 Å². The summed E-state index contributed by atoms with van der Waals surface area (Å²) in [7, 11) is 0. The number of fused-ring (bicyclic) bond motifs is 1. The molecule has 3 fully saturated rings. The predicted octanol–water partition coefficient (Wildman–Crippen LogP) is -4.27. The third kappa shape index (κ3) is 7.39. The monoisotopic (exact) mass is 756 g/mol. The number of ether oxygens (including phenoxy) is 6. The lowest BCUT2D eigenvalue weighted by atomic mass is 9.99. The Morgan fingerprint density at radius 2 is 1.09 bits per heavy atom. The van der Waals surface area contributed by atoms with E-state index in [1.807, 2.05) is 0 Å². The highest BCUT2D eigenvalue weighted by Gasteiger charge is 2.47. The Morgan fingerprint density at radius 3 is 1.64 bits per heavy atom. The van der Waals surface area contributed by atoms with Gasteiger partial charge in [-0.2, -0.15) is 0 Å². The zero-order chi connectivity index (χ0) is 38.5. The summed E-state index contributed by atoms with van der Waals surface area (Å²) in [5.41, 5.74) is -1.28. The average molecular weight is 757 g/mol. The molecule has 0 spiro atoms. The Kier molecular flexibility index (Phi) is 11.5. The molecule has 292 valence electrons. The molecule has 15 unspecified atom stereocenters. The number of aliphatic hydroxyl groups is 11. The van der Waals surface area contributed by atoms with Crippen LogP contribution in [0.25, 0.3) is 22.3 Å². The minimum Gasteiger partial charge on any atom is -0.507 e. The molecule has 6 rings (SSSR count). The van der Waals surface area contributed by atoms with Gasteiger partial charge in [-0.05, 0) is 31.2 Å². The van der Waals surface area contributed by atoms with Crippen LogP contribution in [0.2, 0.25) is 0 Å². The van der Waals surface area contributed by atoms with Crippen LogP contribution in [0.5, 0.6) is 23.0 Å². The number of phenolic OH excluding ortho intramolecular Hbond substituents is 1. The van der Waals surface area contributed by atoms with Crippen molar-refractivity contribution in [2.24, 2.45) is 0 Å². The summed E-state index contributed by atoms with van der Waals surface area (Å²) in [6.45, 7) is -0.0726. The summed E-state index contributed by atoms with van der Waals surface area (Å²) in [6, 6.07) is 7.43. The average Bonchev–Trinajstić information content (AvgIpc) is 3.14. The van der Waals surface area contributed by atoms with Gasteiger partial charge >= 0.3 is 0 Å². The van der Waals surface area contributed by atoms with E-state index in [1.165, 1.54) is 31.2 Å². The molecule has 0 aliphatic carbocycles. The second-order valence-corrected chi connectivity index (χ2v) is 12.9. The van der Waals surface area contributed by atoms with E-state index in [0.717, 1.165) is 12.1 Å². The smallest absolute Gasteiger partial charge is 0.239 e. The molecule has 0 bridgehead atoms. The maximum atomic E-state index is 14.0. The fraction of sp³-hybridized carbons (Fsp3) is 0.545. The van der Waals surface area contributed by atoms with Gasteiger partial charge in [0.2, 0.25) is 30.0 Å². The van der Waals surface area contributed by atoms with Crippen LogP contribution in [0, 0.1) is 0 Å². The molecule has 3 aliphatic rings. The highest BCUT2D eigenvalue weighted by atomic mass is 16.7. The third-order valence-corrected chi connectivity index (χ3v) is 9.27. The molecule has 12 N–H and O–H groups in total. The fourth-order valence-corrected chi connectivity index (χ4v) is 6.13. The van der Waals surface area contributed by atoms with Crippen molar-refractivity contribution in [2.75, 3.05) is 13.2 Å². The molecular formula is C33H40O20. The van der Waals surface area contributed by atoms with Crippen molar-refractivity contribution in [1.82, 2.24) is 0 Å². The third-order valence-electron chi connectivity index (χ3n) is 9.27. The van der Waals surface area contributed by atoms with Crippen LogP contribution in [0.15, 0.2) is 45.6 Å². The van der Waals surface area contributed by atoms with Crippen LogP contribution in [0.4, 0.5) is 0 Å². The van der Waals surface area contributed by atoms with Crippen molar-refractivity contribution in [3.05, 3.63) is 46.6 Å². The predicted molar refractivity (Wildman–Crippen MR) is 171 cm³/mol. The molecule has 1 aromatic heterocycles. The van der Waals surface area contributed by atoms with Gasteiger partial charge in [0.25, 0.3) is 0 Å². The Labute approximate surface area is 298 Å². The Hall–Kier alpha value is -3.71. The molecule has 20 heteroatoms. The van der Waals surface area contributed by atoms with E-state index in [2.05, 4.69) is 0 Å². The van der Waals surface area contributed by atoms with Crippen molar-refractivity contribution in [3.8, 4) is 34.3 Å². The van der Waals surface area contributed by atoms with Crippen LogP contribution < -0.4 is 19.6 Å². The molecule has 53 heavy (non-hydrogen) atoms. The largest absolute Gasteiger partial charge is 0.507 e. The van der Waals surface area contributed by atoms with Gasteiger partial charge < -0.3 is 94.1 Å². The molecule has 0 radical (unpaired) electrons. The topological polar surface area (TPSA) is 328 Å². The number of aliphatic hydroxyl groups excluding tert-OH is 11. The van der Waals surface area contributed by atoms with E-state index in [1.54, 1.807) is 0 Å². The summed E-state index contributed by atoms with van der Waals surface area (Å²) >= 11 is 0. The molecule has 2 aromatic carbocycles. The second kappa shape index (κ2) is 15.6. The Morgan fingerprint density at radius 1 is 0.604 bits per heavy atom. The van der Waals surface area contributed by atoms with E-state index in [-0.39, 0.29) is 28.4 Å². The molecule has 3 aliphatic heterocycles. The van der Waals surface area contributed by atoms with Crippen LogP contribution in [-0.2, 0) is 14.2 Å². The zero-order valence-corrected chi connectivity index (χ0v) is 27.7. The van der Waals surface area contributed by atoms with Gasteiger partial charge in [-0.3, -0.25) is 4.79 Å². The normalized spacial score (nSPS) is 37.7. The van der Waals surface area contributed by atoms with Crippen molar-refractivity contribution >= 4 is 11.0 Å². The second-order valence-electron chi connectivity index (χ2n) is 12.9. The van der Waals surface area contributed by atoms with Gasteiger partial charge in [0.15, 0.2) is 5.76 Å². The maximum absolute atomic E-state index is 14.0. The van der Waals surface area contributed by atoms with Crippen molar-refractivity contribution in [2.45, 2.75) is 99.0 Å². The van der Waals surface area contributed by atoms with Gasteiger partial charge in [-0.15, -0.1) is 0 Å². The van der Waals surface area contributed by atoms with Gasteiger partial charge in [-0.1, -0.05) is 0 Å². The lowest BCUT2D eigenvalue weighted by Crippen LogP contribution is -2.60. The van der Waals surface area contributed by atoms with Gasteiger partial charge in [-0.25, -0.2) is 0 Å². The molecular weight excluding hydrogens is 716 g/mol. The van der Waals surface area contributed by atoms with Crippen molar-refractivity contribution < 1.29 is 94.1 Å². The Bertz CT molecular complexity index is 1780. The van der Waals surface area contributed by atoms with Crippen LogP contribution >= 0.6 is 0 Å². The molecule has 15 atom stereocenters. The van der Waals surface area contributed by atoms with Crippen LogP contribution in [0.3, 0.4) is 0 Å². The summed E-state index contributed by atoms with van der Waals surface area (Å²) < 4.78 is 39.3. The van der Waals surface area contributed by atoms with Crippen molar-refractivity contribution in [3.63, 3.8) is 0 Å². The Balaban J connectivity index is 1.38. The van der Waals surface area contributed by atoms with Gasteiger partial charge in [0.1, 0.15) is 95.4 Å². The molecule has 3 aromatic rings. The van der Waals surface area contributed by atoms with E-state index in [4.69, 9.17) is 32.8 Å². The van der Waals surface area contributed by atoms with Gasteiger partial charge in [0, 0.05) is 17.7 Å². The lowest BCUT2D eigenvalue weighted by molar-refractivity contribution is -0.277. The maximum Gasteiger partial charge on any atom is 0.239 e. The van der Waals surface area contributed by atoms with E-state index < -0.39 is 128 Å². The molecule has 0 amide bonds. The first-order chi connectivity index (χ1) is 25.1. The minimum absolute atomic E-state index is 0.0264. The summed E-state index contributed by atoms with van der Waals surface area (Å²) in [5.74, 6) is -1.95. The number of aromatic hydroxyl groups is 1. The number of benzene rings is 2. The molecule has 0 saturated carbocycles. The fourth-order valence-electron chi connectivity index (χ4n) is 6.13.